The Morgan fingerprint density at radius 1 is 0.947 bits per heavy atom. The third kappa shape index (κ3) is 5.11. The van der Waals surface area contributed by atoms with E-state index < -0.39 is 4.92 Å². The van der Waals surface area contributed by atoms with Crippen molar-refractivity contribution in [3.05, 3.63) is 99.9 Å². The van der Waals surface area contributed by atoms with Crippen molar-refractivity contribution in [3.8, 4) is 5.69 Å². The van der Waals surface area contributed by atoms with Gasteiger partial charge in [0.2, 0.25) is 5.91 Å². The summed E-state index contributed by atoms with van der Waals surface area (Å²) in [6.45, 7) is 4.65. The molecule has 8 heteroatoms. The summed E-state index contributed by atoms with van der Waals surface area (Å²) in [5, 5.41) is 11.1. The van der Waals surface area contributed by atoms with Crippen LogP contribution in [0.4, 0.5) is 5.69 Å². The number of nitrogens with zero attached hydrogens (tertiary/aromatic N) is 4. The maximum atomic E-state index is 13.5. The number of nitro benzene ring substituents is 1. The van der Waals surface area contributed by atoms with Gasteiger partial charge in [-0.25, -0.2) is 0 Å². The summed E-state index contributed by atoms with van der Waals surface area (Å²) >= 11 is 0. The number of amides is 2. The Morgan fingerprint density at radius 2 is 1.63 bits per heavy atom. The smallest absolute Gasteiger partial charge is 0.270 e. The normalized spacial score (nSPS) is 17.1. The molecule has 5 rings (SSSR count). The minimum absolute atomic E-state index is 0.00460. The Morgan fingerprint density at radius 3 is 2.32 bits per heavy atom. The van der Waals surface area contributed by atoms with Crippen molar-refractivity contribution in [2.24, 2.45) is 5.41 Å². The molecule has 196 valence electrons. The molecule has 8 nitrogen and oxygen atoms in total. The molecule has 0 saturated carbocycles. The van der Waals surface area contributed by atoms with E-state index in [0.717, 1.165) is 24.9 Å². The average molecular weight is 513 g/mol. The van der Waals surface area contributed by atoms with E-state index in [1.807, 2.05) is 70.1 Å². The van der Waals surface area contributed by atoms with E-state index in [0.29, 0.717) is 49.3 Å². The molecule has 2 aliphatic heterocycles. The minimum atomic E-state index is -0.425. The van der Waals surface area contributed by atoms with Gasteiger partial charge < -0.3 is 14.4 Å². The number of hydrogen-bond donors (Lipinski definition) is 0. The first kappa shape index (κ1) is 25.4. The van der Waals surface area contributed by atoms with Gasteiger partial charge in [0.25, 0.3) is 11.6 Å². The molecule has 2 amide bonds. The van der Waals surface area contributed by atoms with Gasteiger partial charge in [-0.15, -0.1) is 0 Å². The lowest BCUT2D eigenvalue weighted by Gasteiger charge is -2.39. The van der Waals surface area contributed by atoms with Crippen LogP contribution in [0.15, 0.2) is 78.6 Å². The number of hydrogen-bond acceptors (Lipinski definition) is 4. The van der Waals surface area contributed by atoms with Gasteiger partial charge in [-0.05, 0) is 67.0 Å². The molecule has 0 N–H and O–H groups in total. The summed E-state index contributed by atoms with van der Waals surface area (Å²) in [7, 11) is 0. The molecule has 0 bridgehead atoms. The second-order valence-electron chi connectivity index (χ2n) is 10.3. The molecule has 0 radical (unpaired) electrons. The fraction of sp³-hybridized carbons (Fsp3) is 0.333. The average Bonchev–Trinajstić information content (AvgIpc) is 3.63. The fourth-order valence-electron chi connectivity index (χ4n) is 5.69. The SMILES string of the molecule is CC/C(=C/c1cccc([N+](=O)[O-])c1)C(=O)N1CCC2(CCN(C(=O)c3ccccc3-n3cccc3)CC2)C1. The number of nitro groups is 1. The first-order valence-corrected chi connectivity index (χ1v) is 13.2. The van der Waals surface area contributed by atoms with Gasteiger partial charge in [-0.3, -0.25) is 19.7 Å². The van der Waals surface area contributed by atoms with Gasteiger partial charge in [0.05, 0.1) is 16.2 Å². The van der Waals surface area contributed by atoms with Gasteiger partial charge in [0.1, 0.15) is 0 Å². The van der Waals surface area contributed by atoms with Gasteiger partial charge in [-0.2, -0.15) is 0 Å². The number of piperidine rings is 1. The van der Waals surface area contributed by atoms with Crippen LogP contribution in [0, 0.1) is 15.5 Å². The van der Waals surface area contributed by atoms with Crippen molar-refractivity contribution in [2.45, 2.75) is 32.6 Å². The molecule has 0 atom stereocenters. The van der Waals surface area contributed by atoms with Crippen molar-refractivity contribution in [3.63, 3.8) is 0 Å². The highest BCUT2D eigenvalue weighted by Crippen LogP contribution is 2.41. The quantitative estimate of drug-likeness (QED) is 0.254. The highest BCUT2D eigenvalue weighted by Gasteiger charge is 2.43. The van der Waals surface area contributed by atoms with E-state index >= 15 is 0 Å². The largest absolute Gasteiger partial charge is 0.339 e. The molecule has 0 unspecified atom stereocenters. The molecule has 2 saturated heterocycles. The van der Waals surface area contributed by atoms with Crippen molar-refractivity contribution >= 4 is 23.6 Å². The van der Waals surface area contributed by atoms with E-state index in [4.69, 9.17) is 0 Å². The van der Waals surface area contributed by atoms with Crippen LogP contribution in [0.2, 0.25) is 0 Å². The Kier molecular flexibility index (Phi) is 7.13. The van der Waals surface area contributed by atoms with Crippen molar-refractivity contribution in [2.75, 3.05) is 26.2 Å². The number of benzene rings is 2. The van der Waals surface area contributed by atoms with Crippen LogP contribution in [0.3, 0.4) is 0 Å². The van der Waals surface area contributed by atoms with E-state index in [9.17, 15) is 19.7 Å². The summed E-state index contributed by atoms with van der Waals surface area (Å²) in [6.07, 6.45) is 8.86. The Hall–Kier alpha value is -4.20. The molecule has 2 fully saturated rings. The van der Waals surface area contributed by atoms with Gasteiger partial charge >= 0.3 is 0 Å². The predicted octanol–water partition coefficient (Wildman–Crippen LogP) is 5.33. The monoisotopic (exact) mass is 512 g/mol. The number of carbonyl (C=O) groups is 2. The maximum Gasteiger partial charge on any atom is 0.270 e. The Labute approximate surface area is 222 Å². The molecule has 3 heterocycles. The summed E-state index contributed by atoms with van der Waals surface area (Å²) in [4.78, 5) is 41.4. The standard InChI is InChI=1S/C30H32N4O4/c1-2-24(20-23-8-7-9-25(21-23)34(37)38)28(35)33-19-14-30(22-33)12-17-32(18-13-30)29(36)26-10-3-4-11-27(26)31-15-5-6-16-31/h3-11,15-16,20-21H,2,12-14,17-19,22H2,1H3/b24-20-. The van der Waals surface area contributed by atoms with Crippen LogP contribution in [-0.2, 0) is 4.79 Å². The van der Waals surface area contributed by atoms with Crippen LogP contribution in [0.5, 0.6) is 0 Å². The first-order valence-electron chi connectivity index (χ1n) is 13.2. The van der Waals surface area contributed by atoms with Crippen LogP contribution >= 0.6 is 0 Å². The topological polar surface area (TPSA) is 88.7 Å². The van der Waals surface area contributed by atoms with Crippen molar-refractivity contribution < 1.29 is 14.5 Å². The van der Waals surface area contributed by atoms with Crippen molar-refractivity contribution in [1.82, 2.24) is 14.4 Å². The predicted molar refractivity (Wildman–Crippen MR) is 146 cm³/mol. The summed E-state index contributed by atoms with van der Waals surface area (Å²) in [6, 6.07) is 18.0. The fourth-order valence-corrected chi connectivity index (χ4v) is 5.69. The number of rotatable bonds is 6. The zero-order valence-electron chi connectivity index (χ0n) is 21.6. The van der Waals surface area contributed by atoms with E-state index in [2.05, 4.69) is 0 Å². The number of likely N-dealkylation sites (tertiary alicyclic amines) is 2. The van der Waals surface area contributed by atoms with Gasteiger partial charge in [0, 0.05) is 56.3 Å². The second kappa shape index (κ2) is 10.7. The van der Waals surface area contributed by atoms with Crippen LogP contribution in [0.1, 0.15) is 48.5 Å². The molecule has 38 heavy (non-hydrogen) atoms. The molecule has 2 aromatic carbocycles. The third-order valence-electron chi connectivity index (χ3n) is 7.93. The molecule has 2 aliphatic rings. The summed E-state index contributed by atoms with van der Waals surface area (Å²) < 4.78 is 1.96. The second-order valence-corrected chi connectivity index (χ2v) is 10.3. The molecule has 1 aromatic heterocycles. The number of non-ortho nitro benzene ring substituents is 1. The van der Waals surface area contributed by atoms with Gasteiger partial charge in [-0.1, -0.05) is 31.2 Å². The number of carbonyl (C=O) groups excluding carboxylic acids is 2. The van der Waals surface area contributed by atoms with E-state index in [1.165, 1.54) is 12.1 Å². The highest BCUT2D eigenvalue weighted by atomic mass is 16.6. The lowest BCUT2D eigenvalue weighted by atomic mass is 9.77. The third-order valence-corrected chi connectivity index (χ3v) is 7.93. The number of para-hydroxylation sites is 1. The summed E-state index contributed by atoms with van der Waals surface area (Å²) in [5.74, 6) is 0.0401. The molecular formula is C30H32N4O4. The van der Waals surface area contributed by atoms with Gasteiger partial charge in [0.15, 0.2) is 0 Å². The van der Waals surface area contributed by atoms with Crippen LogP contribution < -0.4 is 0 Å². The lowest BCUT2D eigenvalue weighted by Crippen LogP contribution is -2.45. The Balaban J connectivity index is 1.24. The van der Waals surface area contributed by atoms with E-state index in [1.54, 1.807) is 18.2 Å². The molecule has 3 aromatic rings. The molecular weight excluding hydrogens is 480 g/mol. The lowest BCUT2D eigenvalue weighted by molar-refractivity contribution is -0.384. The molecule has 1 spiro atoms. The Bertz CT molecular complexity index is 1370. The highest BCUT2D eigenvalue weighted by molar-refractivity contribution is 5.98. The van der Waals surface area contributed by atoms with Crippen LogP contribution in [0.25, 0.3) is 11.8 Å². The maximum absolute atomic E-state index is 13.5. The zero-order valence-corrected chi connectivity index (χ0v) is 21.6. The van der Waals surface area contributed by atoms with Crippen molar-refractivity contribution in [1.29, 1.82) is 0 Å². The number of aromatic nitrogens is 1. The zero-order chi connectivity index (χ0) is 26.7. The van der Waals surface area contributed by atoms with E-state index in [-0.39, 0.29) is 22.9 Å². The first-order chi connectivity index (χ1) is 18.4. The summed E-state index contributed by atoms with van der Waals surface area (Å²) in [5.41, 5.74) is 2.92. The molecule has 0 aliphatic carbocycles. The minimum Gasteiger partial charge on any atom is -0.339 e. The van der Waals surface area contributed by atoms with Crippen LogP contribution in [-0.4, -0.2) is 57.3 Å².